The fourth-order valence-corrected chi connectivity index (χ4v) is 3.26. The Morgan fingerprint density at radius 1 is 1.61 bits per heavy atom. The van der Waals surface area contributed by atoms with Crippen LogP contribution in [0.25, 0.3) is 0 Å². The first-order valence-corrected chi connectivity index (χ1v) is 7.24. The number of thioether (sulfide) groups is 1. The summed E-state index contributed by atoms with van der Waals surface area (Å²) in [4.78, 5) is 15.7. The monoisotopic (exact) mass is 284 g/mol. The Bertz CT molecular complexity index is 457. The predicted octanol–water partition coefficient (Wildman–Crippen LogP) is 1.94. The van der Waals surface area contributed by atoms with Crippen molar-refractivity contribution in [1.82, 2.24) is 9.80 Å². The standard InChI is InChI=1S/C12H16N2O2S2/c1-4-14-11(15)10(16-12(14)17)8(2)7-9-13(3)5-6-18-9/h7H,4-6H2,1-3H3. The zero-order valence-corrected chi connectivity index (χ0v) is 12.4. The van der Waals surface area contributed by atoms with Gasteiger partial charge in [0.05, 0.1) is 5.03 Å². The molecule has 0 aliphatic carbocycles. The number of rotatable bonds is 2. The summed E-state index contributed by atoms with van der Waals surface area (Å²) in [6, 6.07) is 0. The first-order valence-electron chi connectivity index (χ1n) is 5.84. The van der Waals surface area contributed by atoms with Gasteiger partial charge in [0.15, 0.2) is 5.76 Å². The largest absolute Gasteiger partial charge is 0.425 e. The summed E-state index contributed by atoms with van der Waals surface area (Å²) in [5.74, 6) is 1.30. The third kappa shape index (κ3) is 2.40. The van der Waals surface area contributed by atoms with Crippen molar-refractivity contribution in [1.29, 1.82) is 0 Å². The minimum atomic E-state index is -0.137. The van der Waals surface area contributed by atoms with Crippen LogP contribution < -0.4 is 0 Å². The van der Waals surface area contributed by atoms with Crippen LogP contribution in [-0.2, 0) is 9.53 Å². The van der Waals surface area contributed by atoms with Crippen molar-refractivity contribution < 1.29 is 9.53 Å². The van der Waals surface area contributed by atoms with Crippen molar-refractivity contribution in [3.8, 4) is 0 Å². The van der Waals surface area contributed by atoms with Crippen LogP contribution in [0, 0.1) is 0 Å². The number of carbonyl (C=O) groups is 1. The van der Waals surface area contributed by atoms with Crippen LogP contribution in [0.4, 0.5) is 0 Å². The molecule has 98 valence electrons. The average Bonchev–Trinajstić information content (AvgIpc) is 2.84. The van der Waals surface area contributed by atoms with Crippen molar-refractivity contribution in [2.45, 2.75) is 13.8 Å². The number of ether oxygens (including phenoxy) is 1. The molecule has 0 N–H and O–H groups in total. The molecule has 2 aliphatic heterocycles. The molecule has 6 heteroatoms. The van der Waals surface area contributed by atoms with Crippen molar-refractivity contribution in [2.24, 2.45) is 0 Å². The Morgan fingerprint density at radius 2 is 2.33 bits per heavy atom. The SMILES string of the molecule is CCN1C(=O)C(=C(C)C=C2SCCN2C)OC1=S. The van der Waals surface area contributed by atoms with Crippen LogP contribution in [0.5, 0.6) is 0 Å². The minimum absolute atomic E-state index is 0.137. The van der Waals surface area contributed by atoms with E-state index in [1.165, 1.54) is 4.90 Å². The average molecular weight is 284 g/mol. The van der Waals surface area contributed by atoms with E-state index in [-0.39, 0.29) is 11.1 Å². The highest BCUT2D eigenvalue weighted by Gasteiger charge is 2.33. The van der Waals surface area contributed by atoms with Gasteiger partial charge in [-0.3, -0.25) is 9.69 Å². The molecule has 18 heavy (non-hydrogen) atoms. The number of likely N-dealkylation sites (N-methyl/N-ethyl adjacent to an activating group) is 1. The van der Waals surface area contributed by atoms with Crippen molar-refractivity contribution in [3.05, 3.63) is 22.4 Å². The van der Waals surface area contributed by atoms with Crippen LogP contribution in [0.3, 0.4) is 0 Å². The Labute approximate surface area is 117 Å². The van der Waals surface area contributed by atoms with Crippen LogP contribution >= 0.6 is 24.0 Å². The molecule has 0 atom stereocenters. The summed E-state index contributed by atoms with van der Waals surface area (Å²) in [6.45, 7) is 5.34. The molecule has 2 rings (SSSR count). The second-order valence-corrected chi connectivity index (χ2v) is 5.65. The van der Waals surface area contributed by atoms with Gasteiger partial charge < -0.3 is 9.64 Å². The lowest BCUT2D eigenvalue weighted by Gasteiger charge is -2.11. The van der Waals surface area contributed by atoms with E-state index < -0.39 is 0 Å². The molecule has 1 amide bonds. The highest BCUT2D eigenvalue weighted by molar-refractivity contribution is 8.03. The summed E-state index contributed by atoms with van der Waals surface area (Å²) in [5, 5.41) is 1.42. The summed E-state index contributed by atoms with van der Waals surface area (Å²) < 4.78 is 5.40. The van der Waals surface area contributed by atoms with Crippen LogP contribution in [0.15, 0.2) is 22.4 Å². The lowest BCUT2D eigenvalue weighted by Crippen LogP contribution is -2.28. The van der Waals surface area contributed by atoms with E-state index >= 15 is 0 Å². The van der Waals surface area contributed by atoms with Gasteiger partial charge in [0.1, 0.15) is 0 Å². The molecule has 4 nitrogen and oxygen atoms in total. The molecule has 2 heterocycles. The predicted molar refractivity (Wildman–Crippen MR) is 76.9 cm³/mol. The molecular weight excluding hydrogens is 268 g/mol. The topological polar surface area (TPSA) is 32.8 Å². The lowest BCUT2D eigenvalue weighted by atomic mass is 10.2. The molecule has 0 spiro atoms. The van der Waals surface area contributed by atoms with Crippen LogP contribution in [0.1, 0.15) is 13.8 Å². The first-order chi connectivity index (χ1) is 8.54. The summed E-state index contributed by atoms with van der Waals surface area (Å²) in [7, 11) is 2.05. The molecule has 0 saturated carbocycles. The zero-order chi connectivity index (χ0) is 13.3. The Morgan fingerprint density at radius 3 is 2.83 bits per heavy atom. The fraction of sp³-hybridized carbons (Fsp3) is 0.500. The van der Waals surface area contributed by atoms with Gasteiger partial charge in [-0.1, -0.05) is 0 Å². The summed E-state index contributed by atoms with van der Waals surface area (Å²) in [6.07, 6.45) is 1.99. The molecule has 0 aromatic carbocycles. The van der Waals surface area contributed by atoms with Gasteiger partial charge in [0, 0.05) is 31.5 Å². The minimum Gasteiger partial charge on any atom is -0.425 e. The maximum Gasteiger partial charge on any atom is 0.297 e. The quantitative estimate of drug-likeness (QED) is 0.572. The second-order valence-electron chi connectivity index (χ2n) is 4.18. The molecule has 0 aromatic rings. The smallest absolute Gasteiger partial charge is 0.297 e. The van der Waals surface area contributed by atoms with Gasteiger partial charge >= 0.3 is 0 Å². The lowest BCUT2D eigenvalue weighted by molar-refractivity contribution is -0.122. The van der Waals surface area contributed by atoms with Gasteiger partial charge in [-0.15, -0.1) is 11.8 Å². The molecule has 2 saturated heterocycles. The number of carbonyl (C=O) groups excluding carboxylic acids is 1. The maximum atomic E-state index is 12.0. The Balaban J connectivity index is 2.27. The fourth-order valence-electron chi connectivity index (χ4n) is 1.82. The molecule has 0 bridgehead atoms. The summed E-state index contributed by atoms with van der Waals surface area (Å²) in [5.41, 5.74) is 0.828. The molecule has 2 aliphatic rings. The number of allylic oxidation sites excluding steroid dienone is 2. The van der Waals surface area contributed by atoms with Crippen molar-refractivity contribution in [3.63, 3.8) is 0 Å². The first kappa shape index (κ1) is 13.4. The Kier molecular flexibility index (Phi) is 3.97. The second kappa shape index (κ2) is 5.32. The van der Waals surface area contributed by atoms with E-state index in [1.807, 2.05) is 27.0 Å². The van der Waals surface area contributed by atoms with E-state index in [9.17, 15) is 4.79 Å². The highest BCUT2D eigenvalue weighted by atomic mass is 32.2. The Hall–Kier alpha value is -1.01. The van der Waals surface area contributed by atoms with E-state index in [1.54, 1.807) is 11.8 Å². The van der Waals surface area contributed by atoms with Crippen LogP contribution in [-0.4, -0.2) is 46.8 Å². The normalized spacial score (nSPS) is 25.2. The highest BCUT2D eigenvalue weighted by Crippen LogP contribution is 2.29. The number of hydrogen-bond donors (Lipinski definition) is 0. The van der Waals surface area contributed by atoms with E-state index in [2.05, 4.69) is 4.90 Å². The van der Waals surface area contributed by atoms with E-state index in [0.29, 0.717) is 12.3 Å². The maximum absolute atomic E-state index is 12.0. The van der Waals surface area contributed by atoms with Crippen molar-refractivity contribution >= 4 is 35.1 Å². The van der Waals surface area contributed by atoms with Crippen LogP contribution in [0.2, 0.25) is 0 Å². The van der Waals surface area contributed by atoms with Crippen molar-refractivity contribution in [2.75, 3.05) is 25.9 Å². The number of nitrogens with zero attached hydrogens (tertiary/aromatic N) is 2. The number of amides is 1. The van der Waals surface area contributed by atoms with Gasteiger partial charge in [-0.25, -0.2) is 0 Å². The molecule has 2 fully saturated rings. The third-order valence-electron chi connectivity index (χ3n) is 2.92. The summed E-state index contributed by atoms with van der Waals surface area (Å²) >= 11 is 6.82. The molecule has 0 aromatic heterocycles. The number of thiocarbonyl (C=S) groups is 1. The number of hydrogen-bond acceptors (Lipinski definition) is 5. The van der Waals surface area contributed by atoms with Gasteiger partial charge in [0.25, 0.3) is 11.1 Å². The zero-order valence-electron chi connectivity index (χ0n) is 10.7. The molecular formula is C12H16N2O2S2. The van der Waals surface area contributed by atoms with Gasteiger partial charge in [-0.2, -0.15) is 0 Å². The van der Waals surface area contributed by atoms with E-state index in [0.717, 1.165) is 22.9 Å². The molecule has 0 radical (unpaired) electrons. The van der Waals surface area contributed by atoms with Gasteiger partial charge in [-0.05, 0) is 32.1 Å². The molecule has 0 unspecified atom stereocenters. The third-order valence-corrected chi connectivity index (χ3v) is 4.33. The van der Waals surface area contributed by atoms with E-state index in [4.69, 9.17) is 17.0 Å². The van der Waals surface area contributed by atoms with Gasteiger partial charge in [0.2, 0.25) is 0 Å².